The minimum atomic E-state index is -3.28. The molecule has 1 N–H and O–H groups in total. The molecule has 2 heterocycles. The molecule has 2 aliphatic heterocycles. The summed E-state index contributed by atoms with van der Waals surface area (Å²) < 4.78 is 31.1. The zero-order chi connectivity index (χ0) is 22.0. The molecule has 8 heteroatoms. The standard InChI is InChI=1S/C23H31N3O4S/c1-30-23-8-4-3-7-21(23)25-14-12-24(13-15-25)17-22(27)19-9-10-20-18(16-19)6-5-11-26(20)31(2,28)29/h3-4,7-10,16,22,27H,5-6,11-15,17H2,1-2H3/t22-/m0/s1. The van der Waals surface area contributed by atoms with Gasteiger partial charge in [-0.2, -0.15) is 0 Å². The van der Waals surface area contributed by atoms with Crippen LogP contribution in [0.15, 0.2) is 42.5 Å². The summed E-state index contributed by atoms with van der Waals surface area (Å²) in [7, 11) is -1.59. The van der Waals surface area contributed by atoms with Crippen molar-refractivity contribution < 1.29 is 18.3 Å². The third-order valence-corrected chi connectivity index (χ3v) is 7.37. The van der Waals surface area contributed by atoms with Gasteiger partial charge in [0, 0.05) is 39.3 Å². The molecule has 2 aromatic carbocycles. The van der Waals surface area contributed by atoms with Gasteiger partial charge in [-0.05, 0) is 42.2 Å². The van der Waals surface area contributed by atoms with Crippen molar-refractivity contribution >= 4 is 21.4 Å². The number of aliphatic hydroxyl groups is 1. The molecule has 0 aromatic heterocycles. The lowest BCUT2D eigenvalue weighted by Crippen LogP contribution is -2.47. The van der Waals surface area contributed by atoms with E-state index in [4.69, 9.17) is 4.74 Å². The van der Waals surface area contributed by atoms with Crippen LogP contribution in [-0.4, -0.2) is 71.1 Å². The van der Waals surface area contributed by atoms with Gasteiger partial charge in [-0.1, -0.05) is 24.3 Å². The van der Waals surface area contributed by atoms with Crippen molar-refractivity contribution in [1.82, 2.24) is 4.90 Å². The summed E-state index contributed by atoms with van der Waals surface area (Å²) in [5, 5.41) is 10.9. The van der Waals surface area contributed by atoms with Gasteiger partial charge in [0.1, 0.15) is 5.75 Å². The van der Waals surface area contributed by atoms with Crippen molar-refractivity contribution in [3.05, 3.63) is 53.6 Å². The minimum absolute atomic E-state index is 0.518. The molecular weight excluding hydrogens is 414 g/mol. The number of anilines is 2. The van der Waals surface area contributed by atoms with Crippen molar-refractivity contribution in [3.8, 4) is 5.75 Å². The number of sulfonamides is 1. The fourth-order valence-electron chi connectivity index (χ4n) is 4.55. The molecule has 0 radical (unpaired) electrons. The second-order valence-electron chi connectivity index (χ2n) is 8.30. The number of benzene rings is 2. The number of methoxy groups -OCH3 is 1. The Balaban J connectivity index is 1.39. The van der Waals surface area contributed by atoms with Gasteiger partial charge in [-0.15, -0.1) is 0 Å². The van der Waals surface area contributed by atoms with Crippen LogP contribution in [0.3, 0.4) is 0 Å². The Morgan fingerprint density at radius 3 is 2.48 bits per heavy atom. The van der Waals surface area contributed by atoms with Gasteiger partial charge in [-0.25, -0.2) is 8.42 Å². The highest BCUT2D eigenvalue weighted by Crippen LogP contribution is 2.32. The highest BCUT2D eigenvalue weighted by Gasteiger charge is 2.26. The number of aliphatic hydroxyl groups excluding tert-OH is 1. The van der Waals surface area contributed by atoms with Crippen molar-refractivity contribution in [2.24, 2.45) is 0 Å². The lowest BCUT2D eigenvalue weighted by atomic mass is 9.98. The Hall–Kier alpha value is -2.29. The van der Waals surface area contributed by atoms with Gasteiger partial charge in [0.25, 0.3) is 0 Å². The fraction of sp³-hybridized carbons (Fsp3) is 0.478. The van der Waals surface area contributed by atoms with Gasteiger partial charge < -0.3 is 14.7 Å². The largest absolute Gasteiger partial charge is 0.495 e. The van der Waals surface area contributed by atoms with Crippen molar-refractivity contribution in [3.63, 3.8) is 0 Å². The molecule has 168 valence electrons. The number of hydrogen-bond acceptors (Lipinski definition) is 6. The molecule has 7 nitrogen and oxygen atoms in total. The minimum Gasteiger partial charge on any atom is -0.495 e. The van der Waals surface area contributed by atoms with Gasteiger partial charge >= 0.3 is 0 Å². The molecule has 1 atom stereocenters. The number of fused-ring (bicyclic) bond motifs is 1. The van der Waals surface area contributed by atoms with Crippen LogP contribution in [0.4, 0.5) is 11.4 Å². The Bertz CT molecular complexity index is 1020. The van der Waals surface area contributed by atoms with Gasteiger partial charge in [0.15, 0.2) is 0 Å². The number of β-amino-alcohol motifs (C(OH)–C–C–N with tert-alkyl or cyclic N) is 1. The van der Waals surface area contributed by atoms with Crippen molar-refractivity contribution in [1.29, 1.82) is 0 Å². The average Bonchev–Trinajstić information content (AvgIpc) is 2.78. The molecular formula is C23H31N3O4S. The maximum absolute atomic E-state index is 12.1. The number of nitrogens with zero attached hydrogens (tertiary/aromatic N) is 3. The first-order chi connectivity index (χ1) is 14.9. The zero-order valence-electron chi connectivity index (χ0n) is 18.2. The molecule has 31 heavy (non-hydrogen) atoms. The summed E-state index contributed by atoms with van der Waals surface area (Å²) >= 11 is 0. The summed E-state index contributed by atoms with van der Waals surface area (Å²) in [6, 6.07) is 13.7. The lowest BCUT2D eigenvalue weighted by molar-refractivity contribution is 0.109. The Morgan fingerprint density at radius 1 is 1.03 bits per heavy atom. The van der Waals surface area contributed by atoms with Crippen molar-refractivity contribution in [2.45, 2.75) is 18.9 Å². The van der Waals surface area contributed by atoms with Crippen LogP contribution in [0.5, 0.6) is 5.75 Å². The SMILES string of the molecule is COc1ccccc1N1CCN(C[C@H](O)c2ccc3c(c2)CCCN3S(C)(=O)=O)CC1. The van der Waals surface area contributed by atoms with Crippen LogP contribution in [0.1, 0.15) is 23.7 Å². The zero-order valence-corrected chi connectivity index (χ0v) is 19.0. The molecule has 2 aromatic rings. The van der Waals surface area contributed by atoms with E-state index in [9.17, 15) is 13.5 Å². The lowest BCUT2D eigenvalue weighted by Gasteiger charge is -2.37. The molecule has 0 amide bonds. The van der Waals surface area contributed by atoms with E-state index in [2.05, 4.69) is 15.9 Å². The molecule has 0 unspecified atom stereocenters. The van der Waals surface area contributed by atoms with Crippen LogP contribution < -0.4 is 13.9 Å². The van der Waals surface area contributed by atoms with E-state index in [1.165, 1.54) is 10.6 Å². The summed E-state index contributed by atoms with van der Waals surface area (Å²) in [6.07, 6.45) is 2.27. The average molecular weight is 446 g/mol. The normalized spacial score (nSPS) is 18.5. The van der Waals surface area contributed by atoms with Crippen LogP contribution in [0.25, 0.3) is 0 Å². The first-order valence-corrected chi connectivity index (χ1v) is 12.6. The Kier molecular flexibility index (Phi) is 6.41. The molecule has 0 saturated carbocycles. The van der Waals surface area contributed by atoms with Gasteiger partial charge in [0.2, 0.25) is 10.0 Å². The van der Waals surface area contributed by atoms with E-state index < -0.39 is 16.1 Å². The van der Waals surface area contributed by atoms with Crippen LogP contribution in [0.2, 0.25) is 0 Å². The van der Waals surface area contributed by atoms with E-state index in [0.717, 1.165) is 67.3 Å². The van der Waals surface area contributed by atoms with E-state index in [1.54, 1.807) is 7.11 Å². The van der Waals surface area contributed by atoms with Gasteiger partial charge in [-0.3, -0.25) is 9.21 Å². The number of para-hydroxylation sites is 2. The second kappa shape index (κ2) is 9.06. The van der Waals surface area contributed by atoms with E-state index in [1.807, 2.05) is 36.4 Å². The summed E-state index contributed by atoms with van der Waals surface area (Å²) in [4.78, 5) is 4.60. The first-order valence-electron chi connectivity index (χ1n) is 10.8. The van der Waals surface area contributed by atoms with Crippen LogP contribution >= 0.6 is 0 Å². The molecule has 0 bridgehead atoms. The maximum atomic E-state index is 12.1. The molecule has 1 fully saturated rings. The second-order valence-corrected chi connectivity index (χ2v) is 10.2. The molecule has 4 rings (SSSR count). The third-order valence-electron chi connectivity index (χ3n) is 6.19. The Labute approximate surface area is 184 Å². The molecule has 2 aliphatic rings. The summed E-state index contributed by atoms with van der Waals surface area (Å²) in [5.41, 5.74) is 3.70. The highest BCUT2D eigenvalue weighted by atomic mass is 32.2. The van der Waals surface area contributed by atoms with E-state index in [-0.39, 0.29) is 0 Å². The fourth-order valence-corrected chi connectivity index (χ4v) is 5.54. The topological polar surface area (TPSA) is 73.3 Å². The number of hydrogen-bond donors (Lipinski definition) is 1. The monoisotopic (exact) mass is 445 g/mol. The smallest absolute Gasteiger partial charge is 0.232 e. The van der Waals surface area contributed by atoms with Crippen molar-refractivity contribution in [2.75, 3.05) is 61.8 Å². The van der Waals surface area contributed by atoms with E-state index >= 15 is 0 Å². The summed E-state index contributed by atoms with van der Waals surface area (Å²) in [6.45, 7) is 4.56. The first kappa shape index (κ1) is 21.9. The van der Waals surface area contributed by atoms with Gasteiger partial charge in [0.05, 0.1) is 30.8 Å². The molecule has 0 aliphatic carbocycles. The van der Waals surface area contributed by atoms with Crippen LogP contribution in [0, 0.1) is 0 Å². The third kappa shape index (κ3) is 4.81. The molecule has 1 saturated heterocycles. The predicted molar refractivity (Wildman–Crippen MR) is 124 cm³/mol. The quantitative estimate of drug-likeness (QED) is 0.735. The van der Waals surface area contributed by atoms with E-state index in [0.29, 0.717) is 13.1 Å². The Morgan fingerprint density at radius 2 is 1.77 bits per heavy atom. The number of piperazine rings is 1. The number of ether oxygens (including phenoxy) is 1. The maximum Gasteiger partial charge on any atom is 0.232 e. The number of rotatable bonds is 6. The molecule has 0 spiro atoms. The highest BCUT2D eigenvalue weighted by molar-refractivity contribution is 7.92. The summed E-state index contributed by atoms with van der Waals surface area (Å²) in [5.74, 6) is 0.883. The van der Waals surface area contributed by atoms with Crippen LogP contribution in [-0.2, 0) is 16.4 Å². The predicted octanol–water partition coefficient (Wildman–Crippen LogP) is 2.26. The number of aryl methyl sites for hydroxylation is 1.